The molecule has 0 unspecified atom stereocenters. The SMILES string of the molecule is C(#Cc1ccccc1)CNc1ccc2sccc2c1. The first-order valence-electron chi connectivity index (χ1n) is 6.17. The molecule has 1 aromatic heterocycles. The van der Waals surface area contributed by atoms with Gasteiger partial charge in [-0.3, -0.25) is 0 Å². The van der Waals surface area contributed by atoms with Crippen LogP contribution < -0.4 is 5.32 Å². The van der Waals surface area contributed by atoms with Crippen molar-refractivity contribution >= 4 is 27.1 Å². The van der Waals surface area contributed by atoms with Gasteiger partial charge in [0.05, 0.1) is 6.54 Å². The lowest BCUT2D eigenvalue weighted by molar-refractivity contribution is 1.39. The lowest BCUT2D eigenvalue weighted by Gasteiger charge is -2.01. The van der Waals surface area contributed by atoms with Crippen molar-refractivity contribution in [3.8, 4) is 11.8 Å². The molecule has 0 saturated carbocycles. The second-order valence-electron chi connectivity index (χ2n) is 4.19. The molecule has 0 radical (unpaired) electrons. The van der Waals surface area contributed by atoms with E-state index in [0.717, 1.165) is 11.3 Å². The van der Waals surface area contributed by atoms with Gasteiger partial charge in [0.1, 0.15) is 0 Å². The highest BCUT2D eigenvalue weighted by Gasteiger charge is 1.95. The standard InChI is InChI=1S/C17H13NS/c1-2-5-14(6-3-1)7-4-11-18-16-8-9-17-15(13-16)10-12-19-17/h1-3,5-6,8-10,12-13,18H,11H2. The number of fused-ring (bicyclic) bond motifs is 1. The maximum Gasteiger partial charge on any atom is 0.0769 e. The molecular weight excluding hydrogens is 250 g/mol. The van der Waals surface area contributed by atoms with Crippen LogP contribution in [0, 0.1) is 11.8 Å². The summed E-state index contributed by atoms with van der Waals surface area (Å²) in [7, 11) is 0. The van der Waals surface area contributed by atoms with Gasteiger partial charge in [0.25, 0.3) is 0 Å². The molecule has 0 aliphatic carbocycles. The lowest BCUT2D eigenvalue weighted by Crippen LogP contribution is -1.97. The van der Waals surface area contributed by atoms with Gasteiger partial charge in [0.2, 0.25) is 0 Å². The van der Waals surface area contributed by atoms with E-state index in [1.807, 2.05) is 30.3 Å². The highest BCUT2D eigenvalue weighted by Crippen LogP contribution is 2.23. The third-order valence-corrected chi connectivity index (χ3v) is 3.74. The monoisotopic (exact) mass is 263 g/mol. The second kappa shape index (κ2) is 5.60. The molecule has 2 heteroatoms. The summed E-state index contributed by atoms with van der Waals surface area (Å²) in [5.74, 6) is 6.27. The zero-order chi connectivity index (χ0) is 12.9. The fourth-order valence-corrected chi connectivity index (χ4v) is 2.66. The van der Waals surface area contributed by atoms with Gasteiger partial charge in [-0.05, 0) is 47.2 Å². The number of anilines is 1. The number of hydrogen-bond acceptors (Lipinski definition) is 2. The van der Waals surface area contributed by atoms with Crippen LogP contribution in [-0.4, -0.2) is 6.54 Å². The van der Waals surface area contributed by atoms with Crippen LogP contribution in [0.4, 0.5) is 5.69 Å². The van der Waals surface area contributed by atoms with Gasteiger partial charge in [-0.2, -0.15) is 0 Å². The fourth-order valence-electron chi connectivity index (χ4n) is 1.89. The van der Waals surface area contributed by atoms with Gasteiger partial charge < -0.3 is 5.32 Å². The summed E-state index contributed by atoms with van der Waals surface area (Å²) in [6.45, 7) is 0.657. The van der Waals surface area contributed by atoms with Crippen LogP contribution in [0.5, 0.6) is 0 Å². The minimum Gasteiger partial charge on any atom is -0.374 e. The van der Waals surface area contributed by atoms with Gasteiger partial charge in [-0.15, -0.1) is 11.3 Å². The van der Waals surface area contributed by atoms with Crippen molar-refractivity contribution in [3.63, 3.8) is 0 Å². The van der Waals surface area contributed by atoms with E-state index in [-0.39, 0.29) is 0 Å². The van der Waals surface area contributed by atoms with Gasteiger partial charge in [0.15, 0.2) is 0 Å². The topological polar surface area (TPSA) is 12.0 Å². The zero-order valence-electron chi connectivity index (χ0n) is 10.4. The van der Waals surface area contributed by atoms with Crippen molar-refractivity contribution in [2.24, 2.45) is 0 Å². The van der Waals surface area contributed by atoms with Gasteiger partial charge in [0, 0.05) is 16.0 Å². The molecule has 3 aromatic rings. The quantitative estimate of drug-likeness (QED) is 0.677. The van der Waals surface area contributed by atoms with Crippen molar-refractivity contribution in [2.75, 3.05) is 11.9 Å². The Hall–Kier alpha value is -2.24. The van der Waals surface area contributed by atoms with Gasteiger partial charge >= 0.3 is 0 Å². The molecule has 92 valence electrons. The molecule has 0 amide bonds. The molecular formula is C17H13NS. The van der Waals surface area contributed by atoms with Crippen molar-refractivity contribution in [1.82, 2.24) is 0 Å². The third kappa shape index (κ3) is 2.96. The van der Waals surface area contributed by atoms with Crippen LogP contribution >= 0.6 is 11.3 Å². The third-order valence-electron chi connectivity index (χ3n) is 2.84. The highest BCUT2D eigenvalue weighted by molar-refractivity contribution is 7.17. The molecule has 0 bridgehead atoms. The minimum absolute atomic E-state index is 0.657. The number of benzene rings is 2. The Bertz CT molecular complexity index is 732. The van der Waals surface area contributed by atoms with Crippen molar-refractivity contribution in [1.29, 1.82) is 0 Å². The average Bonchev–Trinajstić information content (AvgIpc) is 2.92. The Labute approximate surface area is 116 Å². The Kier molecular flexibility index (Phi) is 3.49. The minimum atomic E-state index is 0.657. The van der Waals surface area contributed by atoms with E-state index >= 15 is 0 Å². The van der Waals surface area contributed by atoms with E-state index in [4.69, 9.17) is 0 Å². The van der Waals surface area contributed by atoms with Crippen LogP contribution in [0.2, 0.25) is 0 Å². The summed E-state index contributed by atoms with van der Waals surface area (Å²) in [6.07, 6.45) is 0. The Morgan fingerprint density at radius 2 is 1.89 bits per heavy atom. The molecule has 1 N–H and O–H groups in total. The molecule has 0 fully saturated rings. The number of nitrogens with one attached hydrogen (secondary N) is 1. The van der Waals surface area contributed by atoms with Crippen LogP contribution in [0.25, 0.3) is 10.1 Å². The Morgan fingerprint density at radius 3 is 2.79 bits per heavy atom. The molecule has 2 aromatic carbocycles. The van der Waals surface area contributed by atoms with Crippen molar-refractivity contribution in [2.45, 2.75) is 0 Å². The number of thiophene rings is 1. The van der Waals surface area contributed by atoms with Crippen molar-refractivity contribution < 1.29 is 0 Å². The summed E-state index contributed by atoms with van der Waals surface area (Å²) >= 11 is 1.77. The molecule has 0 saturated heterocycles. The summed E-state index contributed by atoms with van der Waals surface area (Å²) in [5, 5.41) is 6.73. The second-order valence-corrected chi connectivity index (χ2v) is 5.14. The smallest absolute Gasteiger partial charge is 0.0769 e. The molecule has 1 nitrogen and oxygen atoms in total. The molecule has 0 atom stereocenters. The Morgan fingerprint density at radius 1 is 1.00 bits per heavy atom. The maximum atomic E-state index is 3.33. The summed E-state index contributed by atoms with van der Waals surface area (Å²) in [4.78, 5) is 0. The van der Waals surface area contributed by atoms with Crippen LogP contribution in [0.3, 0.4) is 0 Å². The first kappa shape index (κ1) is 11.8. The van der Waals surface area contributed by atoms with Gasteiger partial charge in [-0.25, -0.2) is 0 Å². The summed E-state index contributed by atoms with van der Waals surface area (Å²) < 4.78 is 1.32. The van der Waals surface area contributed by atoms with E-state index in [0.29, 0.717) is 6.54 Å². The average molecular weight is 263 g/mol. The van der Waals surface area contributed by atoms with E-state index in [1.165, 1.54) is 10.1 Å². The molecule has 0 spiro atoms. The summed E-state index contributed by atoms with van der Waals surface area (Å²) in [5.41, 5.74) is 2.17. The van der Waals surface area contributed by atoms with Crippen molar-refractivity contribution in [3.05, 3.63) is 65.5 Å². The number of hydrogen-bond donors (Lipinski definition) is 1. The first-order chi connectivity index (χ1) is 9.42. The maximum absolute atomic E-state index is 3.33. The highest BCUT2D eigenvalue weighted by atomic mass is 32.1. The van der Waals surface area contributed by atoms with E-state index in [2.05, 4.69) is 46.8 Å². The fraction of sp³-hybridized carbons (Fsp3) is 0.0588. The first-order valence-corrected chi connectivity index (χ1v) is 7.05. The lowest BCUT2D eigenvalue weighted by atomic mass is 10.2. The van der Waals surface area contributed by atoms with Crippen LogP contribution in [0.15, 0.2) is 60.0 Å². The molecule has 19 heavy (non-hydrogen) atoms. The molecule has 3 rings (SSSR count). The zero-order valence-corrected chi connectivity index (χ0v) is 11.2. The predicted octanol–water partition coefficient (Wildman–Crippen LogP) is 4.36. The molecule has 0 aliphatic rings. The summed E-state index contributed by atoms with van der Waals surface area (Å²) in [6, 6.07) is 18.6. The van der Waals surface area contributed by atoms with Crippen LogP contribution in [-0.2, 0) is 0 Å². The van der Waals surface area contributed by atoms with E-state index < -0.39 is 0 Å². The largest absolute Gasteiger partial charge is 0.374 e. The van der Waals surface area contributed by atoms with Gasteiger partial charge in [-0.1, -0.05) is 30.0 Å². The van der Waals surface area contributed by atoms with E-state index in [1.54, 1.807) is 11.3 Å². The predicted molar refractivity (Wildman–Crippen MR) is 83.6 cm³/mol. The molecule has 1 heterocycles. The Balaban J connectivity index is 1.65. The number of rotatable bonds is 2. The van der Waals surface area contributed by atoms with Crippen LogP contribution in [0.1, 0.15) is 5.56 Å². The molecule has 0 aliphatic heterocycles. The van der Waals surface area contributed by atoms with E-state index in [9.17, 15) is 0 Å². The normalized spacial score (nSPS) is 9.89.